The first-order valence-corrected chi connectivity index (χ1v) is 9.05. The van der Waals surface area contributed by atoms with Gasteiger partial charge in [0.25, 0.3) is 0 Å². The summed E-state index contributed by atoms with van der Waals surface area (Å²) in [4.78, 5) is 20.1. The molecule has 26 heavy (non-hydrogen) atoms. The zero-order valence-corrected chi connectivity index (χ0v) is 15.7. The van der Waals surface area contributed by atoms with Crippen LogP contribution in [0.4, 0.5) is 0 Å². The van der Waals surface area contributed by atoms with Gasteiger partial charge in [0.05, 0.1) is 11.8 Å². The third-order valence-corrected chi connectivity index (χ3v) is 5.28. The Kier molecular flexibility index (Phi) is 5.40. The first-order valence-electron chi connectivity index (χ1n) is 9.05. The molecule has 0 radical (unpaired) electrons. The van der Waals surface area contributed by atoms with Crippen molar-refractivity contribution in [3.05, 3.63) is 71.8 Å². The van der Waals surface area contributed by atoms with Gasteiger partial charge in [-0.25, -0.2) is 0 Å². The number of rotatable bonds is 6. The van der Waals surface area contributed by atoms with Crippen molar-refractivity contribution in [2.45, 2.75) is 39.8 Å². The highest BCUT2D eigenvalue weighted by atomic mass is 16.6. The average Bonchev–Trinajstić information content (AvgIpc) is 2.98. The molecule has 2 aromatic rings. The van der Waals surface area contributed by atoms with E-state index >= 15 is 0 Å². The number of benzene rings is 2. The number of likely N-dealkylation sites (tertiary alicyclic amines) is 1. The maximum atomic E-state index is 12.6. The minimum Gasteiger partial charge on any atom is -0.391 e. The van der Waals surface area contributed by atoms with Gasteiger partial charge in [-0.2, -0.15) is 0 Å². The van der Waals surface area contributed by atoms with Crippen molar-refractivity contribution in [3.63, 3.8) is 0 Å². The van der Waals surface area contributed by atoms with Crippen molar-refractivity contribution in [1.82, 2.24) is 4.90 Å². The third-order valence-electron chi connectivity index (χ3n) is 5.28. The molecule has 0 unspecified atom stereocenters. The van der Waals surface area contributed by atoms with Crippen LogP contribution in [0.5, 0.6) is 0 Å². The van der Waals surface area contributed by atoms with Crippen molar-refractivity contribution in [3.8, 4) is 0 Å². The van der Waals surface area contributed by atoms with E-state index in [0.717, 1.165) is 16.8 Å². The molecule has 0 bridgehead atoms. The molecular weight excluding hydrogens is 324 g/mol. The number of oxime groups is 1. The number of carbonyl (C=O) groups excluding carboxylic acids is 1. The summed E-state index contributed by atoms with van der Waals surface area (Å²) < 4.78 is 0. The number of nitrogens with zero attached hydrogens (tertiary/aromatic N) is 2. The molecule has 0 N–H and O–H groups in total. The van der Waals surface area contributed by atoms with Crippen molar-refractivity contribution in [1.29, 1.82) is 0 Å². The molecule has 0 saturated carbocycles. The van der Waals surface area contributed by atoms with Crippen LogP contribution >= 0.6 is 0 Å². The van der Waals surface area contributed by atoms with Gasteiger partial charge < -0.3 is 9.74 Å². The summed E-state index contributed by atoms with van der Waals surface area (Å²) in [5.74, 6) is 0.168. The molecule has 0 spiro atoms. The van der Waals surface area contributed by atoms with Gasteiger partial charge in [0, 0.05) is 18.4 Å². The van der Waals surface area contributed by atoms with Crippen LogP contribution in [0.25, 0.3) is 0 Å². The van der Waals surface area contributed by atoms with E-state index < -0.39 is 0 Å². The summed E-state index contributed by atoms with van der Waals surface area (Å²) in [6, 6.07) is 20.2. The monoisotopic (exact) mass is 350 g/mol. The molecule has 0 aliphatic carbocycles. The first-order chi connectivity index (χ1) is 12.5. The summed E-state index contributed by atoms with van der Waals surface area (Å²) in [6.07, 6.45) is 0.466. The van der Waals surface area contributed by atoms with E-state index in [-0.39, 0.29) is 17.4 Å². The SMILES string of the molecule is C/C(=N\OCc1ccccc1)[C@@]1(C)CC(=O)N([C@H](C)c2ccccc2)C1. The van der Waals surface area contributed by atoms with E-state index in [1.807, 2.05) is 60.4 Å². The van der Waals surface area contributed by atoms with Crippen LogP contribution in [0, 0.1) is 5.41 Å². The Labute approximate surface area is 155 Å². The van der Waals surface area contributed by atoms with Crippen LogP contribution in [0.15, 0.2) is 65.8 Å². The van der Waals surface area contributed by atoms with Crippen LogP contribution in [0.1, 0.15) is 44.4 Å². The van der Waals surface area contributed by atoms with Crippen LogP contribution in [-0.4, -0.2) is 23.1 Å². The summed E-state index contributed by atoms with van der Waals surface area (Å²) in [5, 5.41) is 4.31. The fourth-order valence-corrected chi connectivity index (χ4v) is 3.35. The van der Waals surface area contributed by atoms with Gasteiger partial charge in [-0.15, -0.1) is 0 Å². The first kappa shape index (κ1) is 18.2. The lowest BCUT2D eigenvalue weighted by atomic mass is 9.85. The van der Waals surface area contributed by atoms with Crippen molar-refractivity contribution in [2.24, 2.45) is 10.6 Å². The molecule has 3 rings (SSSR count). The normalized spacial score (nSPS) is 21.7. The molecule has 1 saturated heterocycles. The van der Waals surface area contributed by atoms with E-state index in [1.54, 1.807) is 0 Å². The minimum atomic E-state index is -0.295. The summed E-state index contributed by atoms with van der Waals surface area (Å²) in [6.45, 7) is 7.22. The predicted octanol–water partition coefficient (Wildman–Crippen LogP) is 4.58. The van der Waals surface area contributed by atoms with E-state index in [0.29, 0.717) is 19.6 Å². The zero-order valence-electron chi connectivity index (χ0n) is 15.7. The summed E-state index contributed by atoms with van der Waals surface area (Å²) >= 11 is 0. The molecule has 2 atom stereocenters. The fraction of sp³-hybridized carbons (Fsp3) is 0.364. The third kappa shape index (κ3) is 3.96. The highest BCUT2D eigenvalue weighted by Crippen LogP contribution is 2.37. The molecule has 1 heterocycles. The van der Waals surface area contributed by atoms with Crippen molar-refractivity contribution < 1.29 is 9.63 Å². The number of hydrogen-bond donors (Lipinski definition) is 0. The summed E-state index contributed by atoms with van der Waals surface area (Å²) in [5.41, 5.74) is 2.80. The molecule has 1 amide bonds. The molecule has 1 aliphatic heterocycles. The molecule has 0 aromatic heterocycles. The Hall–Kier alpha value is -2.62. The molecule has 1 fully saturated rings. The lowest BCUT2D eigenvalue weighted by Crippen LogP contribution is -2.33. The molecule has 1 aliphatic rings. The summed E-state index contributed by atoms with van der Waals surface area (Å²) in [7, 11) is 0. The van der Waals surface area contributed by atoms with Crippen LogP contribution in [0.2, 0.25) is 0 Å². The average molecular weight is 350 g/mol. The van der Waals surface area contributed by atoms with E-state index in [2.05, 4.69) is 31.1 Å². The second kappa shape index (κ2) is 7.73. The number of carbonyl (C=O) groups is 1. The second-order valence-electron chi connectivity index (χ2n) is 7.28. The van der Waals surface area contributed by atoms with Gasteiger partial charge in [0.1, 0.15) is 6.61 Å². The van der Waals surface area contributed by atoms with Crippen molar-refractivity contribution in [2.75, 3.05) is 6.54 Å². The molecular formula is C22H26N2O2. The zero-order chi connectivity index (χ0) is 18.6. The fourth-order valence-electron chi connectivity index (χ4n) is 3.35. The molecule has 4 heteroatoms. The highest BCUT2D eigenvalue weighted by molar-refractivity contribution is 5.95. The Balaban J connectivity index is 1.66. The van der Waals surface area contributed by atoms with Gasteiger partial charge in [-0.05, 0) is 25.0 Å². The second-order valence-corrected chi connectivity index (χ2v) is 7.28. The van der Waals surface area contributed by atoms with Gasteiger partial charge in [0.15, 0.2) is 0 Å². The molecule has 4 nitrogen and oxygen atoms in total. The maximum Gasteiger partial charge on any atom is 0.224 e. The van der Waals surface area contributed by atoms with Gasteiger partial charge >= 0.3 is 0 Å². The van der Waals surface area contributed by atoms with Gasteiger partial charge in [-0.1, -0.05) is 72.7 Å². The number of amides is 1. The van der Waals surface area contributed by atoms with E-state index in [9.17, 15) is 4.79 Å². The Morgan fingerprint density at radius 3 is 2.42 bits per heavy atom. The highest BCUT2D eigenvalue weighted by Gasteiger charge is 2.43. The van der Waals surface area contributed by atoms with Gasteiger partial charge in [0.2, 0.25) is 5.91 Å². The lowest BCUT2D eigenvalue weighted by Gasteiger charge is -2.28. The predicted molar refractivity (Wildman–Crippen MR) is 104 cm³/mol. The number of hydrogen-bond acceptors (Lipinski definition) is 3. The van der Waals surface area contributed by atoms with Crippen LogP contribution in [0.3, 0.4) is 0 Å². The molecule has 2 aromatic carbocycles. The van der Waals surface area contributed by atoms with Crippen molar-refractivity contribution >= 4 is 11.6 Å². The van der Waals surface area contributed by atoms with E-state index in [4.69, 9.17) is 4.84 Å². The van der Waals surface area contributed by atoms with Gasteiger partial charge in [-0.3, -0.25) is 4.79 Å². The molecule has 136 valence electrons. The topological polar surface area (TPSA) is 41.9 Å². The Bertz CT molecular complexity index is 773. The lowest BCUT2D eigenvalue weighted by molar-refractivity contribution is -0.129. The maximum absolute atomic E-state index is 12.6. The van der Waals surface area contributed by atoms with Crippen LogP contribution < -0.4 is 0 Å². The van der Waals surface area contributed by atoms with E-state index in [1.165, 1.54) is 0 Å². The largest absolute Gasteiger partial charge is 0.391 e. The minimum absolute atomic E-state index is 0.0589. The quantitative estimate of drug-likeness (QED) is 0.565. The Morgan fingerprint density at radius 2 is 1.77 bits per heavy atom. The Morgan fingerprint density at radius 1 is 1.15 bits per heavy atom. The standard InChI is InChI=1S/C22H26N2O2/c1-17(20-12-8-5-9-13-20)24-16-22(3,14-21(24)25)18(2)23-26-15-19-10-6-4-7-11-19/h4-13,17H,14-16H2,1-3H3/b23-18+/t17-,22+/m1/s1. The smallest absolute Gasteiger partial charge is 0.224 e. The van der Waals surface area contributed by atoms with Crippen LogP contribution in [-0.2, 0) is 16.2 Å².